The third-order valence-corrected chi connectivity index (χ3v) is 4.84. The highest BCUT2D eigenvalue weighted by Crippen LogP contribution is 2.25. The number of anilines is 1. The van der Waals surface area contributed by atoms with Crippen molar-refractivity contribution in [3.63, 3.8) is 0 Å². The number of benzene rings is 3. The maximum Gasteiger partial charge on any atom is 0.255 e. The molecule has 0 fully saturated rings. The standard InChI is InChI=1S/C24H24BrNO3/c1-4-28-23-10-5-18(24(27)26-21-8-6-20(25)7-9-21)14-19(23)15-29-22-12-16(2)11-17(3)13-22/h5-14H,4,15H2,1-3H3,(H,26,27). The van der Waals surface area contributed by atoms with Crippen molar-refractivity contribution in [1.29, 1.82) is 0 Å². The molecule has 4 nitrogen and oxygen atoms in total. The lowest BCUT2D eigenvalue weighted by molar-refractivity contribution is 0.102. The normalized spacial score (nSPS) is 10.5. The Labute approximate surface area is 180 Å². The molecule has 0 bridgehead atoms. The molecule has 150 valence electrons. The summed E-state index contributed by atoms with van der Waals surface area (Å²) in [6.07, 6.45) is 0. The lowest BCUT2D eigenvalue weighted by Crippen LogP contribution is -2.13. The zero-order valence-corrected chi connectivity index (χ0v) is 18.4. The number of amides is 1. The van der Waals surface area contributed by atoms with Gasteiger partial charge in [0.05, 0.1) is 6.61 Å². The van der Waals surface area contributed by atoms with E-state index in [1.54, 1.807) is 6.07 Å². The maximum absolute atomic E-state index is 12.7. The van der Waals surface area contributed by atoms with Crippen LogP contribution in [0.15, 0.2) is 65.1 Å². The number of carbonyl (C=O) groups is 1. The van der Waals surface area contributed by atoms with Gasteiger partial charge in [0.25, 0.3) is 5.91 Å². The van der Waals surface area contributed by atoms with Gasteiger partial charge >= 0.3 is 0 Å². The minimum absolute atomic E-state index is 0.178. The predicted molar refractivity (Wildman–Crippen MR) is 120 cm³/mol. The predicted octanol–water partition coefficient (Wildman–Crippen LogP) is 6.30. The Morgan fingerprint density at radius 2 is 1.62 bits per heavy atom. The number of ether oxygens (including phenoxy) is 2. The van der Waals surface area contributed by atoms with Crippen molar-refractivity contribution in [1.82, 2.24) is 0 Å². The highest BCUT2D eigenvalue weighted by molar-refractivity contribution is 9.10. The van der Waals surface area contributed by atoms with Crippen molar-refractivity contribution < 1.29 is 14.3 Å². The zero-order chi connectivity index (χ0) is 20.8. The molecule has 1 N–H and O–H groups in total. The first-order valence-electron chi connectivity index (χ1n) is 9.48. The molecule has 3 rings (SSSR count). The summed E-state index contributed by atoms with van der Waals surface area (Å²) in [5.41, 5.74) is 4.41. The lowest BCUT2D eigenvalue weighted by Gasteiger charge is -2.14. The van der Waals surface area contributed by atoms with Crippen LogP contribution in [-0.4, -0.2) is 12.5 Å². The van der Waals surface area contributed by atoms with Gasteiger partial charge in [0.2, 0.25) is 0 Å². The van der Waals surface area contributed by atoms with Crippen LogP contribution in [0.4, 0.5) is 5.69 Å². The van der Waals surface area contributed by atoms with Crippen LogP contribution in [0.3, 0.4) is 0 Å². The van der Waals surface area contributed by atoms with E-state index in [1.807, 2.05) is 69.3 Å². The first-order chi connectivity index (χ1) is 13.9. The van der Waals surface area contributed by atoms with Gasteiger partial charge in [0.15, 0.2) is 0 Å². The number of hydrogen-bond donors (Lipinski definition) is 1. The van der Waals surface area contributed by atoms with Gasteiger partial charge in [-0.2, -0.15) is 0 Å². The first-order valence-corrected chi connectivity index (χ1v) is 10.3. The van der Waals surface area contributed by atoms with E-state index in [4.69, 9.17) is 9.47 Å². The van der Waals surface area contributed by atoms with E-state index in [2.05, 4.69) is 27.3 Å². The molecule has 0 aromatic heterocycles. The van der Waals surface area contributed by atoms with Crippen molar-refractivity contribution in [3.05, 3.63) is 87.4 Å². The second kappa shape index (κ2) is 9.61. The molecule has 3 aromatic rings. The minimum Gasteiger partial charge on any atom is -0.493 e. The van der Waals surface area contributed by atoms with E-state index in [0.717, 1.165) is 38.3 Å². The third-order valence-electron chi connectivity index (χ3n) is 4.31. The molecular formula is C24H24BrNO3. The Morgan fingerprint density at radius 3 is 2.28 bits per heavy atom. The Hall–Kier alpha value is -2.79. The summed E-state index contributed by atoms with van der Waals surface area (Å²) in [7, 11) is 0. The van der Waals surface area contributed by atoms with Gasteiger partial charge < -0.3 is 14.8 Å². The van der Waals surface area contributed by atoms with Gasteiger partial charge in [-0.25, -0.2) is 0 Å². The maximum atomic E-state index is 12.7. The van der Waals surface area contributed by atoms with Gasteiger partial charge in [0.1, 0.15) is 18.1 Å². The number of rotatable bonds is 7. The topological polar surface area (TPSA) is 47.6 Å². The van der Waals surface area contributed by atoms with Crippen LogP contribution in [0.5, 0.6) is 11.5 Å². The van der Waals surface area contributed by atoms with Crippen LogP contribution in [-0.2, 0) is 6.61 Å². The van der Waals surface area contributed by atoms with E-state index in [9.17, 15) is 4.79 Å². The number of nitrogens with one attached hydrogen (secondary N) is 1. The number of aryl methyl sites for hydroxylation is 2. The number of hydrogen-bond acceptors (Lipinski definition) is 3. The minimum atomic E-state index is -0.178. The quantitative estimate of drug-likeness (QED) is 0.456. The summed E-state index contributed by atoms with van der Waals surface area (Å²) in [5, 5.41) is 2.91. The molecule has 0 unspecified atom stereocenters. The van der Waals surface area contributed by atoms with Crippen LogP contribution in [0.25, 0.3) is 0 Å². The molecular weight excluding hydrogens is 430 g/mol. The number of carbonyl (C=O) groups excluding carboxylic acids is 1. The molecule has 1 amide bonds. The van der Waals surface area contributed by atoms with Crippen molar-refractivity contribution in [2.45, 2.75) is 27.4 Å². The molecule has 0 aliphatic heterocycles. The molecule has 0 atom stereocenters. The smallest absolute Gasteiger partial charge is 0.255 e. The fraction of sp³-hybridized carbons (Fsp3) is 0.208. The fourth-order valence-corrected chi connectivity index (χ4v) is 3.31. The average molecular weight is 454 g/mol. The summed E-state index contributed by atoms with van der Waals surface area (Å²) in [4.78, 5) is 12.7. The third kappa shape index (κ3) is 5.84. The van der Waals surface area contributed by atoms with Gasteiger partial charge in [-0.15, -0.1) is 0 Å². The molecule has 0 saturated carbocycles. The lowest BCUT2D eigenvalue weighted by atomic mass is 10.1. The highest BCUT2D eigenvalue weighted by Gasteiger charge is 2.12. The molecule has 0 aliphatic rings. The second-order valence-corrected chi connectivity index (χ2v) is 7.74. The summed E-state index contributed by atoms with van der Waals surface area (Å²) in [6, 6.07) is 19.0. The summed E-state index contributed by atoms with van der Waals surface area (Å²) < 4.78 is 12.7. The van der Waals surface area contributed by atoms with Crippen molar-refractivity contribution in [2.24, 2.45) is 0 Å². The number of halogens is 1. The summed E-state index contributed by atoms with van der Waals surface area (Å²) in [5.74, 6) is 1.34. The second-order valence-electron chi connectivity index (χ2n) is 6.83. The van der Waals surface area contributed by atoms with Crippen LogP contribution in [0, 0.1) is 13.8 Å². The van der Waals surface area contributed by atoms with E-state index < -0.39 is 0 Å². The van der Waals surface area contributed by atoms with Gasteiger partial charge in [-0.1, -0.05) is 22.0 Å². The molecule has 5 heteroatoms. The molecule has 0 aliphatic carbocycles. The first kappa shape index (κ1) is 20.9. The van der Waals surface area contributed by atoms with Crippen molar-refractivity contribution >= 4 is 27.5 Å². The van der Waals surface area contributed by atoms with Gasteiger partial charge in [-0.05, 0) is 86.5 Å². The SMILES string of the molecule is CCOc1ccc(C(=O)Nc2ccc(Br)cc2)cc1COc1cc(C)cc(C)c1. The van der Waals surface area contributed by atoms with E-state index in [0.29, 0.717) is 18.8 Å². The van der Waals surface area contributed by atoms with Crippen molar-refractivity contribution in [3.8, 4) is 11.5 Å². The van der Waals surface area contributed by atoms with E-state index >= 15 is 0 Å². The zero-order valence-electron chi connectivity index (χ0n) is 16.8. The van der Waals surface area contributed by atoms with Crippen LogP contribution in [0.2, 0.25) is 0 Å². The molecule has 0 radical (unpaired) electrons. The van der Waals surface area contributed by atoms with E-state index in [-0.39, 0.29) is 5.91 Å². The molecule has 3 aromatic carbocycles. The Morgan fingerprint density at radius 1 is 0.931 bits per heavy atom. The molecule has 29 heavy (non-hydrogen) atoms. The summed E-state index contributed by atoms with van der Waals surface area (Å²) >= 11 is 3.39. The summed E-state index contributed by atoms with van der Waals surface area (Å²) in [6.45, 7) is 6.87. The Kier molecular flexibility index (Phi) is 6.94. The van der Waals surface area contributed by atoms with Gasteiger partial charge in [-0.3, -0.25) is 4.79 Å². The molecule has 0 spiro atoms. The fourth-order valence-electron chi connectivity index (χ4n) is 3.04. The molecule has 0 saturated heterocycles. The van der Waals surface area contributed by atoms with Crippen molar-refractivity contribution in [2.75, 3.05) is 11.9 Å². The largest absolute Gasteiger partial charge is 0.493 e. The average Bonchev–Trinajstić information content (AvgIpc) is 2.68. The van der Waals surface area contributed by atoms with E-state index in [1.165, 1.54) is 0 Å². The Balaban J connectivity index is 1.79. The highest BCUT2D eigenvalue weighted by atomic mass is 79.9. The molecule has 0 heterocycles. The van der Waals surface area contributed by atoms with Crippen LogP contribution < -0.4 is 14.8 Å². The van der Waals surface area contributed by atoms with Gasteiger partial charge in [0, 0.05) is 21.3 Å². The van der Waals surface area contributed by atoms with Crippen LogP contribution in [0.1, 0.15) is 34.0 Å². The Bertz CT molecular complexity index is 979. The van der Waals surface area contributed by atoms with Crippen LogP contribution >= 0.6 is 15.9 Å². The monoisotopic (exact) mass is 453 g/mol.